The van der Waals surface area contributed by atoms with Crippen molar-refractivity contribution < 1.29 is 21.6 Å². The van der Waals surface area contributed by atoms with Crippen LogP contribution in [0.4, 0.5) is 13.2 Å². The Bertz CT molecular complexity index is 1080. The summed E-state index contributed by atoms with van der Waals surface area (Å²) < 4.78 is 62.6. The summed E-state index contributed by atoms with van der Waals surface area (Å²) in [6.45, 7) is 0.0434. The van der Waals surface area contributed by atoms with Gasteiger partial charge in [0, 0.05) is 42.2 Å². The minimum Gasteiger partial charge on any atom is -0.345 e. The first kappa shape index (κ1) is 17.2. The third-order valence-corrected chi connectivity index (χ3v) is 6.35. The van der Waals surface area contributed by atoms with Gasteiger partial charge in [0.15, 0.2) is 11.4 Å². The molecule has 3 aromatic heterocycles. The van der Waals surface area contributed by atoms with Gasteiger partial charge >= 0.3 is 6.18 Å². The van der Waals surface area contributed by atoms with Gasteiger partial charge in [0.25, 0.3) is 0 Å². The molecule has 11 heteroatoms. The third kappa shape index (κ3) is 3.01. The number of nitrogens with zero attached hydrogens (tertiary/aromatic N) is 4. The topological polar surface area (TPSA) is 91.8 Å². The number of rotatable bonds is 3. The molecule has 0 bridgehead atoms. The highest BCUT2D eigenvalue weighted by Gasteiger charge is 2.41. The van der Waals surface area contributed by atoms with Crippen molar-refractivity contribution >= 4 is 32.0 Å². The first-order valence-electron chi connectivity index (χ1n) is 7.86. The smallest absolute Gasteiger partial charge is 0.345 e. The summed E-state index contributed by atoms with van der Waals surface area (Å²) >= 11 is 0. The van der Waals surface area contributed by atoms with Crippen LogP contribution in [0.5, 0.6) is 0 Å². The second-order valence-electron chi connectivity index (χ2n) is 6.28. The van der Waals surface area contributed by atoms with Crippen molar-refractivity contribution in [3.63, 3.8) is 0 Å². The normalized spacial score (nSPS) is 19.6. The maximum atomic E-state index is 12.5. The van der Waals surface area contributed by atoms with Crippen molar-refractivity contribution in [1.29, 1.82) is 0 Å². The van der Waals surface area contributed by atoms with Gasteiger partial charge in [-0.25, -0.2) is 12.7 Å². The summed E-state index contributed by atoms with van der Waals surface area (Å²) in [7, 11) is -4.39. The fourth-order valence-corrected chi connectivity index (χ4v) is 4.81. The number of hydrogen-bond donors (Lipinski definition) is 1. The number of H-pyrrole nitrogens is 1. The van der Waals surface area contributed by atoms with Crippen LogP contribution in [0, 0.1) is 0 Å². The first-order valence-corrected chi connectivity index (χ1v) is 9.47. The zero-order chi connectivity index (χ0) is 18.5. The van der Waals surface area contributed by atoms with E-state index in [2.05, 4.69) is 20.2 Å². The molecule has 1 atom stereocenters. The Kier molecular flexibility index (Phi) is 3.88. The second kappa shape index (κ2) is 5.88. The standard InChI is InChI=1S/C15H14F3N5O2S/c16-15(17,18)8-26(24,25)23-4-2-9(7-23)11-5-19-6-12-13(11)10-1-3-20-14(10)22-21-12/h1,3,5-6,9H,2,4,7-8H2,(H,20,22). The van der Waals surface area contributed by atoms with Crippen molar-refractivity contribution in [3.05, 3.63) is 30.2 Å². The zero-order valence-corrected chi connectivity index (χ0v) is 14.2. The Labute approximate surface area is 146 Å². The number of nitrogens with one attached hydrogen (secondary N) is 1. The minimum absolute atomic E-state index is 0.00650. The van der Waals surface area contributed by atoms with E-state index in [9.17, 15) is 21.6 Å². The summed E-state index contributed by atoms with van der Waals surface area (Å²) in [6, 6.07) is 1.84. The van der Waals surface area contributed by atoms with Gasteiger partial charge in [-0.3, -0.25) is 4.98 Å². The Morgan fingerprint density at radius 2 is 2.08 bits per heavy atom. The second-order valence-corrected chi connectivity index (χ2v) is 8.25. The van der Waals surface area contributed by atoms with Crippen LogP contribution in [0.2, 0.25) is 0 Å². The van der Waals surface area contributed by atoms with Crippen LogP contribution in [0.15, 0.2) is 24.7 Å². The lowest BCUT2D eigenvalue weighted by molar-refractivity contribution is -0.106. The Morgan fingerprint density at radius 3 is 2.85 bits per heavy atom. The highest BCUT2D eigenvalue weighted by atomic mass is 32.2. The molecule has 26 heavy (non-hydrogen) atoms. The SMILES string of the molecule is O=S(=O)(CC(F)(F)F)N1CCC(c2cncc3nnc4[nH]ccc4c23)C1. The first-order chi connectivity index (χ1) is 12.2. The molecule has 1 N–H and O–H groups in total. The predicted octanol–water partition coefficient (Wildman–Crippen LogP) is 2.19. The Morgan fingerprint density at radius 1 is 1.27 bits per heavy atom. The molecule has 0 aliphatic carbocycles. The van der Waals surface area contributed by atoms with Gasteiger partial charge in [-0.15, -0.1) is 10.2 Å². The lowest BCUT2D eigenvalue weighted by Crippen LogP contribution is -2.36. The molecule has 1 aliphatic heterocycles. The van der Waals surface area contributed by atoms with E-state index >= 15 is 0 Å². The maximum Gasteiger partial charge on any atom is 0.404 e. The zero-order valence-electron chi connectivity index (χ0n) is 13.4. The molecule has 3 aromatic rings. The van der Waals surface area contributed by atoms with Crippen LogP contribution >= 0.6 is 0 Å². The van der Waals surface area contributed by atoms with Gasteiger partial charge in [0.2, 0.25) is 10.0 Å². The molecular weight excluding hydrogens is 371 g/mol. The lowest BCUT2D eigenvalue weighted by atomic mass is 9.95. The van der Waals surface area contributed by atoms with Crippen LogP contribution in [-0.4, -0.2) is 57.9 Å². The van der Waals surface area contributed by atoms with E-state index in [0.29, 0.717) is 17.6 Å². The Hall–Kier alpha value is -2.27. The molecule has 1 unspecified atom stereocenters. The maximum absolute atomic E-state index is 12.5. The highest BCUT2D eigenvalue weighted by Crippen LogP contribution is 2.35. The molecule has 0 saturated carbocycles. The van der Waals surface area contributed by atoms with Crippen molar-refractivity contribution in [2.75, 3.05) is 18.8 Å². The van der Waals surface area contributed by atoms with Crippen LogP contribution in [-0.2, 0) is 10.0 Å². The average Bonchev–Trinajstić information content (AvgIpc) is 3.21. The van der Waals surface area contributed by atoms with Crippen LogP contribution < -0.4 is 0 Å². The molecule has 7 nitrogen and oxygen atoms in total. The van der Waals surface area contributed by atoms with Crippen LogP contribution in [0.25, 0.3) is 21.9 Å². The van der Waals surface area contributed by atoms with E-state index in [1.54, 1.807) is 18.6 Å². The van der Waals surface area contributed by atoms with Crippen LogP contribution in [0.1, 0.15) is 17.9 Å². The largest absolute Gasteiger partial charge is 0.404 e. The molecule has 0 aromatic carbocycles. The van der Waals surface area contributed by atoms with Gasteiger partial charge < -0.3 is 4.98 Å². The molecule has 4 rings (SSSR count). The van der Waals surface area contributed by atoms with E-state index in [4.69, 9.17) is 0 Å². The van der Waals surface area contributed by atoms with Gasteiger partial charge in [-0.1, -0.05) is 0 Å². The van der Waals surface area contributed by atoms with E-state index in [0.717, 1.165) is 20.6 Å². The molecule has 1 saturated heterocycles. The molecule has 1 fully saturated rings. The van der Waals surface area contributed by atoms with Gasteiger partial charge in [0.1, 0.15) is 5.52 Å². The molecular formula is C15H14F3N5O2S. The molecule has 4 heterocycles. The average molecular weight is 385 g/mol. The summed E-state index contributed by atoms with van der Waals surface area (Å²) in [5.41, 5.74) is 1.92. The van der Waals surface area contributed by atoms with Crippen molar-refractivity contribution in [2.45, 2.75) is 18.5 Å². The fraction of sp³-hybridized carbons (Fsp3) is 0.400. The van der Waals surface area contributed by atoms with E-state index < -0.39 is 22.0 Å². The third-order valence-electron chi connectivity index (χ3n) is 4.54. The number of hydrogen-bond acceptors (Lipinski definition) is 5. The molecule has 0 spiro atoms. The highest BCUT2D eigenvalue weighted by molar-refractivity contribution is 7.89. The number of halogens is 3. The number of sulfonamides is 1. The van der Waals surface area contributed by atoms with Gasteiger partial charge in [0.05, 0.1) is 6.20 Å². The summed E-state index contributed by atoms with van der Waals surface area (Å²) in [4.78, 5) is 7.10. The number of pyridine rings is 1. The number of aromatic amines is 1. The van der Waals surface area contributed by atoms with Crippen molar-refractivity contribution in [2.24, 2.45) is 0 Å². The number of alkyl halides is 3. The lowest BCUT2D eigenvalue weighted by Gasteiger charge is -2.18. The van der Waals surface area contributed by atoms with Crippen molar-refractivity contribution in [1.82, 2.24) is 24.5 Å². The van der Waals surface area contributed by atoms with Crippen LogP contribution in [0.3, 0.4) is 0 Å². The van der Waals surface area contributed by atoms with E-state index in [1.165, 1.54) is 0 Å². The number of fused-ring (bicyclic) bond motifs is 3. The van der Waals surface area contributed by atoms with Gasteiger partial charge in [-0.2, -0.15) is 13.2 Å². The minimum atomic E-state index is -4.76. The number of aromatic nitrogens is 4. The fourth-order valence-electron chi connectivity index (χ4n) is 3.43. The molecule has 0 amide bonds. The summed E-state index contributed by atoms with van der Waals surface area (Å²) in [5, 5.41) is 9.78. The quantitative estimate of drug-likeness (QED) is 0.746. The summed E-state index contributed by atoms with van der Waals surface area (Å²) in [5.74, 6) is -2.09. The molecule has 0 radical (unpaired) electrons. The molecule has 1 aliphatic rings. The molecule has 138 valence electrons. The van der Waals surface area contributed by atoms with Crippen molar-refractivity contribution in [3.8, 4) is 0 Å². The summed E-state index contributed by atoms with van der Waals surface area (Å²) in [6.07, 6.45) is 0.570. The Balaban J connectivity index is 1.71. The van der Waals surface area contributed by atoms with Gasteiger partial charge in [-0.05, 0) is 18.1 Å². The monoisotopic (exact) mass is 385 g/mol. The predicted molar refractivity (Wildman–Crippen MR) is 88.0 cm³/mol. The van der Waals surface area contributed by atoms with E-state index in [1.807, 2.05) is 6.07 Å². The van der Waals surface area contributed by atoms with E-state index in [-0.39, 0.29) is 19.0 Å².